The zero-order valence-electron chi connectivity index (χ0n) is 14.9. The van der Waals surface area contributed by atoms with Crippen LogP contribution in [0.1, 0.15) is 23.9 Å². The Labute approximate surface area is 143 Å². The molecule has 2 rings (SSSR count). The molecule has 0 bridgehead atoms. The van der Waals surface area contributed by atoms with Crippen molar-refractivity contribution < 1.29 is 9.26 Å². The van der Waals surface area contributed by atoms with Crippen LogP contribution < -0.4 is 10.1 Å². The fraction of sp³-hybridized carbons (Fsp3) is 0.444. The number of benzene rings is 1. The highest BCUT2D eigenvalue weighted by Crippen LogP contribution is 2.11. The Morgan fingerprint density at radius 1 is 1.33 bits per heavy atom. The number of nitrogens with one attached hydrogen (secondary N) is 1. The Morgan fingerprint density at radius 3 is 2.71 bits per heavy atom. The molecule has 1 heterocycles. The first-order valence-corrected chi connectivity index (χ1v) is 8.18. The van der Waals surface area contributed by atoms with Gasteiger partial charge in [0.1, 0.15) is 12.4 Å². The number of ether oxygens (including phenoxy) is 1. The quantitative estimate of drug-likeness (QED) is 0.624. The van der Waals surface area contributed by atoms with Crippen molar-refractivity contribution in [3.8, 4) is 5.75 Å². The highest BCUT2D eigenvalue weighted by Gasteiger charge is 2.08. The molecule has 6 heteroatoms. The maximum atomic E-state index is 5.75. The lowest BCUT2D eigenvalue weighted by Gasteiger charge is -2.21. The van der Waals surface area contributed by atoms with Gasteiger partial charge in [-0.25, -0.2) is 0 Å². The third kappa shape index (κ3) is 5.30. The summed E-state index contributed by atoms with van der Waals surface area (Å²) < 4.78 is 11.0. The molecule has 1 aromatic carbocycles. The van der Waals surface area contributed by atoms with Crippen molar-refractivity contribution >= 4 is 5.96 Å². The summed E-state index contributed by atoms with van der Waals surface area (Å²) >= 11 is 0. The summed E-state index contributed by atoms with van der Waals surface area (Å²) in [5, 5.41) is 7.25. The fourth-order valence-corrected chi connectivity index (χ4v) is 2.20. The van der Waals surface area contributed by atoms with Gasteiger partial charge in [0.25, 0.3) is 0 Å². The Morgan fingerprint density at radius 2 is 2.08 bits per heavy atom. The second-order valence-corrected chi connectivity index (χ2v) is 5.62. The van der Waals surface area contributed by atoms with Crippen LogP contribution >= 0.6 is 0 Å². The number of aliphatic imine (C=N–C) groups is 1. The van der Waals surface area contributed by atoms with Crippen LogP contribution in [-0.4, -0.2) is 43.3 Å². The number of guanidine groups is 1. The first-order chi connectivity index (χ1) is 11.6. The summed E-state index contributed by atoms with van der Waals surface area (Å²) in [6.45, 7) is 5.98. The topological polar surface area (TPSA) is 62.9 Å². The second-order valence-electron chi connectivity index (χ2n) is 5.62. The minimum atomic E-state index is 0.558. The summed E-state index contributed by atoms with van der Waals surface area (Å²) in [6, 6.07) is 10.0. The van der Waals surface area contributed by atoms with Gasteiger partial charge < -0.3 is 19.5 Å². The number of aromatic nitrogens is 1. The van der Waals surface area contributed by atoms with Crippen LogP contribution in [0.5, 0.6) is 5.75 Å². The van der Waals surface area contributed by atoms with E-state index < -0.39 is 0 Å². The van der Waals surface area contributed by atoms with Crippen LogP contribution in [0.15, 0.2) is 39.8 Å². The van der Waals surface area contributed by atoms with Gasteiger partial charge in [0.2, 0.25) is 0 Å². The minimum Gasteiger partial charge on any atom is -0.492 e. The summed E-state index contributed by atoms with van der Waals surface area (Å²) in [6.07, 6.45) is 0.870. The van der Waals surface area contributed by atoms with Gasteiger partial charge in [0.05, 0.1) is 18.8 Å². The molecule has 0 aliphatic rings. The van der Waals surface area contributed by atoms with Crippen LogP contribution in [0.3, 0.4) is 0 Å². The van der Waals surface area contributed by atoms with Crippen LogP contribution in [0.4, 0.5) is 0 Å². The monoisotopic (exact) mass is 330 g/mol. The Hall–Kier alpha value is -2.50. The largest absolute Gasteiger partial charge is 0.492 e. The molecule has 1 N–H and O–H groups in total. The molecular formula is C18H26N4O2. The zero-order valence-corrected chi connectivity index (χ0v) is 14.9. The summed E-state index contributed by atoms with van der Waals surface area (Å²) in [4.78, 5) is 6.30. The molecule has 1 aromatic heterocycles. The molecule has 0 saturated heterocycles. The van der Waals surface area contributed by atoms with Crippen LogP contribution in [0.25, 0.3) is 0 Å². The molecule has 0 atom stereocenters. The van der Waals surface area contributed by atoms with Gasteiger partial charge in [-0.1, -0.05) is 29.8 Å². The van der Waals surface area contributed by atoms with E-state index in [0.29, 0.717) is 13.2 Å². The van der Waals surface area contributed by atoms with E-state index in [1.54, 1.807) is 7.05 Å². The van der Waals surface area contributed by atoms with Crippen LogP contribution in [0, 0.1) is 6.92 Å². The first kappa shape index (κ1) is 17.8. The molecule has 0 aliphatic carbocycles. The highest BCUT2D eigenvalue weighted by atomic mass is 16.5. The molecule has 0 radical (unpaired) electrons. The number of likely N-dealkylation sites (N-methyl/N-ethyl adjacent to an activating group) is 1. The van der Waals surface area contributed by atoms with Gasteiger partial charge in [-0.3, -0.25) is 4.99 Å². The van der Waals surface area contributed by atoms with Crippen LogP contribution in [-0.2, 0) is 13.0 Å². The minimum absolute atomic E-state index is 0.558. The standard InChI is InChI=1S/C18H26N4O2/c1-5-15-12-17(24-21-15)13-20-18(19-3)22(4)10-11-23-16-8-6-14(2)7-9-16/h6-9,12H,5,10-11,13H2,1-4H3,(H,19,20). The van der Waals surface area contributed by atoms with Gasteiger partial charge in [-0.2, -0.15) is 0 Å². The van der Waals surface area contributed by atoms with Crippen molar-refractivity contribution in [3.63, 3.8) is 0 Å². The maximum absolute atomic E-state index is 5.75. The lowest BCUT2D eigenvalue weighted by Crippen LogP contribution is -2.40. The van der Waals surface area contributed by atoms with E-state index in [1.807, 2.05) is 42.3 Å². The molecule has 24 heavy (non-hydrogen) atoms. The lowest BCUT2D eigenvalue weighted by atomic mass is 10.2. The predicted molar refractivity (Wildman–Crippen MR) is 95.4 cm³/mol. The smallest absolute Gasteiger partial charge is 0.193 e. The van der Waals surface area contributed by atoms with E-state index in [4.69, 9.17) is 9.26 Å². The Kier molecular flexibility index (Phi) is 6.66. The second kappa shape index (κ2) is 8.96. The summed E-state index contributed by atoms with van der Waals surface area (Å²) in [7, 11) is 3.74. The molecule has 6 nitrogen and oxygen atoms in total. The summed E-state index contributed by atoms with van der Waals surface area (Å²) in [5.41, 5.74) is 2.18. The number of nitrogens with zero attached hydrogens (tertiary/aromatic N) is 3. The first-order valence-electron chi connectivity index (χ1n) is 8.18. The van der Waals surface area contributed by atoms with Gasteiger partial charge in [-0.15, -0.1) is 0 Å². The number of hydrogen-bond donors (Lipinski definition) is 1. The highest BCUT2D eigenvalue weighted by molar-refractivity contribution is 5.79. The molecular weight excluding hydrogens is 304 g/mol. The summed E-state index contributed by atoms with van der Waals surface area (Å²) in [5.74, 6) is 2.47. The van der Waals surface area contributed by atoms with Gasteiger partial charge >= 0.3 is 0 Å². The van der Waals surface area contributed by atoms with Gasteiger partial charge in [0.15, 0.2) is 11.7 Å². The van der Waals surface area contributed by atoms with Gasteiger partial charge in [-0.05, 0) is 25.5 Å². The predicted octanol–water partition coefficient (Wildman–Crippen LogP) is 2.63. The number of rotatable bonds is 7. The maximum Gasteiger partial charge on any atom is 0.193 e. The number of aryl methyl sites for hydroxylation is 2. The molecule has 0 spiro atoms. The van der Waals surface area contributed by atoms with Crippen molar-refractivity contribution in [2.75, 3.05) is 27.2 Å². The van der Waals surface area contributed by atoms with Crippen LogP contribution in [0.2, 0.25) is 0 Å². The van der Waals surface area contributed by atoms with E-state index >= 15 is 0 Å². The van der Waals surface area contributed by atoms with Crippen molar-refractivity contribution in [1.82, 2.24) is 15.4 Å². The lowest BCUT2D eigenvalue weighted by molar-refractivity contribution is 0.280. The van der Waals surface area contributed by atoms with E-state index in [1.165, 1.54) is 5.56 Å². The molecule has 0 saturated carbocycles. The molecule has 0 unspecified atom stereocenters. The normalized spacial score (nSPS) is 11.4. The molecule has 2 aromatic rings. The molecule has 130 valence electrons. The third-order valence-electron chi connectivity index (χ3n) is 3.68. The molecule has 0 fully saturated rings. The average molecular weight is 330 g/mol. The Balaban J connectivity index is 1.76. The van der Waals surface area contributed by atoms with E-state index in [0.717, 1.165) is 36.1 Å². The van der Waals surface area contributed by atoms with Crippen molar-refractivity contribution in [2.45, 2.75) is 26.8 Å². The molecule has 0 amide bonds. The average Bonchev–Trinajstić information content (AvgIpc) is 3.05. The molecule has 0 aliphatic heterocycles. The SMILES string of the molecule is CCc1cc(CNC(=NC)N(C)CCOc2ccc(C)cc2)on1. The Bertz CT molecular complexity index is 649. The number of hydrogen-bond acceptors (Lipinski definition) is 4. The van der Waals surface area contributed by atoms with E-state index in [2.05, 4.69) is 29.3 Å². The third-order valence-corrected chi connectivity index (χ3v) is 3.68. The fourth-order valence-electron chi connectivity index (χ4n) is 2.20. The van der Waals surface area contributed by atoms with E-state index in [-0.39, 0.29) is 0 Å². The van der Waals surface area contributed by atoms with E-state index in [9.17, 15) is 0 Å². The zero-order chi connectivity index (χ0) is 17.4. The van der Waals surface area contributed by atoms with Crippen molar-refractivity contribution in [3.05, 3.63) is 47.3 Å². The van der Waals surface area contributed by atoms with Crippen molar-refractivity contribution in [1.29, 1.82) is 0 Å². The van der Waals surface area contributed by atoms with Crippen molar-refractivity contribution in [2.24, 2.45) is 4.99 Å². The van der Waals surface area contributed by atoms with Gasteiger partial charge in [0, 0.05) is 20.2 Å².